The average molecular weight is 427 g/mol. The molecule has 2 aromatic carbocycles. The summed E-state index contributed by atoms with van der Waals surface area (Å²) in [5.41, 5.74) is 1.80. The Morgan fingerprint density at radius 1 is 1.10 bits per heavy atom. The second-order valence-electron chi connectivity index (χ2n) is 6.64. The molecule has 2 unspecified atom stereocenters. The first kappa shape index (κ1) is 21.8. The van der Waals surface area contributed by atoms with Gasteiger partial charge in [-0.3, -0.25) is 4.79 Å². The number of para-hydroxylation sites is 2. The Labute approximate surface area is 179 Å². The van der Waals surface area contributed by atoms with E-state index in [4.69, 9.17) is 9.47 Å². The minimum atomic E-state index is -1.52. The van der Waals surface area contributed by atoms with Crippen molar-refractivity contribution in [3.8, 4) is 0 Å². The van der Waals surface area contributed by atoms with Crippen LogP contribution >= 0.6 is 0 Å². The van der Waals surface area contributed by atoms with E-state index in [0.29, 0.717) is 34.9 Å². The molecular weight excluding hydrogens is 400 g/mol. The third-order valence-electron chi connectivity index (χ3n) is 4.89. The van der Waals surface area contributed by atoms with Gasteiger partial charge in [0, 0.05) is 30.7 Å². The molecule has 30 heavy (non-hydrogen) atoms. The van der Waals surface area contributed by atoms with Gasteiger partial charge in [-0.15, -0.1) is 0 Å². The molecule has 0 fully saturated rings. The van der Waals surface area contributed by atoms with Crippen LogP contribution in [0, 0.1) is 0 Å². The van der Waals surface area contributed by atoms with Crippen molar-refractivity contribution >= 4 is 28.3 Å². The summed E-state index contributed by atoms with van der Waals surface area (Å²) in [4.78, 5) is 15.6. The number of methoxy groups -OCH3 is 2. The zero-order valence-corrected chi connectivity index (χ0v) is 18.1. The van der Waals surface area contributed by atoms with E-state index in [1.165, 1.54) is 0 Å². The third-order valence-corrected chi connectivity index (χ3v) is 6.07. The van der Waals surface area contributed by atoms with Crippen molar-refractivity contribution in [3.05, 3.63) is 83.0 Å². The molecule has 0 aliphatic heterocycles. The van der Waals surface area contributed by atoms with Crippen molar-refractivity contribution in [2.75, 3.05) is 30.4 Å². The van der Waals surface area contributed by atoms with E-state index in [2.05, 4.69) is 4.72 Å². The van der Waals surface area contributed by atoms with Gasteiger partial charge in [-0.1, -0.05) is 30.3 Å². The number of nitrogens with one attached hydrogen (secondary N) is 1. The second kappa shape index (κ2) is 10.2. The van der Waals surface area contributed by atoms with Gasteiger partial charge in [-0.25, -0.2) is 4.21 Å². The topological polar surface area (TPSA) is 67.9 Å². The Balaban J connectivity index is 1.84. The lowest BCUT2D eigenvalue weighted by Crippen LogP contribution is -2.31. The molecule has 1 N–H and O–H groups in total. The van der Waals surface area contributed by atoms with Gasteiger partial charge in [0.1, 0.15) is 22.8 Å². The van der Waals surface area contributed by atoms with Gasteiger partial charge in [-0.2, -0.15) is 0 Å². The van der Waals surface area contributed by atoms with Crippen LogP contribution in [0.2, 0.25) is 0 Å². The van der Waals surface area contributed by atoms with Crippen LogP contribution in [0.15, 0.2) is 77.4 Å². The normalized spacial score (nSPS) is 16.8. The fraction of sp³-hybridized carbons (Fsp3) is 0.261. The smallest absolute Gasteiger partial charge is 0.260 e. The van der Waals surface area contributed by atoms with Crippen LogP contribution < -0.4 is 9.62 Å². The third kappa shape index (κ3) is 4.80. The fourth-order valence-electron chi connectivity index (χ4n) is 3.29. The van der Waals surface area contributed by atoms with Gasteiger partial charge in [0.25, 0.3) is 5.91 Å². The molecule has 0 heterocycles. The van der Waals surface area contributed by atoms with Crippen LogP contribution in [0.25, 0.3) is 0 Å². The highest BCUT2D eigenvalue weighted by atomic mass is 32.2. The number of carbonyl (C=O) groups is 1. The molecule has 0 aromatic heterocycles. The van der Waals surface area contributed by atoms with Crippen LogP contribution in [-0.2, 0) is 20.5 Å². The molecule has 1 aliphatic carbocycles. The molecule has 7 heteroatoms. The summed E-state index contributed by atoms with van der Waals surface area (Å²) in [5.74, 6) is 0.535. The van der Waals surface area contributed by atoms with Crippen LogP contribution in [0.3, 0.4) is 0 Å². The molecule has 2 aromatic rings. The van der Waals surface area contributed by atoms with Gasteiger partial charge in [0.2, 0.25) is 0 Å². The molecule has 0 bridgehead atoms. The first-order valence-corrected chi connectivity index (χ1v) is 10.9. The van der Waals surface area contributed by atoms with E-state index in [9.17, 15) is 9.00 Å². The first-order chi connectivity index (χ1) is 14.6. The lowest BCUT2D eigenvalue weighted by Gasteiger charge is -2.24. The number of carbonyl (C=O) groups excluding carboxylic acids is 1. The predicted octanol–water partition coefficient (Wildman–Crippen LogP) is 4.26. The molecule has 0 saturated heterocycles. The number of ether oxygens (including phenoxy) is 2. The van der Waals surface area contributed by atoms with E-state index < -0.39 is 11.0 Å². The van der Waals surface area contributed by atoms with Gasteiger partial charge < -0.3 is 19.1 Å². The standard InChI is InChI=1S/C23H26N2O4S/c1-4-25(17-10-6-5-7-11-17)23(26)19-12-8-9-13-20(19)24-30(27)18-14-15-21(28-2)22(16-18)29-3/h5-15,22,24H,4,16H2,1-3H3. The number of benzene rings is 2. The maximum absolute atomic E-state index is 13.3. The number of allylic oxidation sites excluding steroid dienone is 2. The van der Waals surface area contributed by atoms with Crippen molar-refractivity contribution in [2.24, 2.45) is 0 Å². The number of hydrogen-bond donors (Lipinski definition) is 1. The number of rotatable bonds is 8. The van der Waals surface area contributed by atoms with Crippen molar-refractivity contribution in [1.29, 1.82) is 0 Å². The van der Waals surface area contributed by atoms with E-state index in [-0.39, 0.29) is 12.0 Å². The summed E-state index contributed by atoms with van der Waals surface area (Å²) in [7, 11) is 1.65. The molecule has 158 valence electrons. The minimum absolute atomic E-state index is 0.155. The number of hydrogen-bond acceptors (Lipinski definition) is 4. The summed E-state index contributed by atoms with van der Waals surface area (Å²) in [6.07, 6.45) is 3.69. The molecule has 2 atom stereocenters. The van der Waals surface area contributed by atoms with E-state index in [1.807, 2.05) is 43.3 Å². The molecule has 0 radical (unpaired) electrons. The number of anilines is 2. The predicted molar refractivity (Wildman–Crippen MR) is 121 cm³/mol. The van der Waals surface area contributed by atoms with Gasteiger partial charge in [0.15, 0.2) is 0 Å². The molecule has 3 rings (SSSR count). The van der Waals surface area contributed by atoms with Crippen LogP contribution in [-0.4, -0.2) is 37.0 Å². The van der Waals surface area contributed by atoms with Crippen LogP contribution in [0.4, 0.5) is 11.4 Å². The lowest BCUT2D eigenvalue weighted by molar-refractivity contribution is 0.0788. The summed E-state index contributed by atoms with van der Waals surface area (Å²) in [5, 5.41) is 0. The van der Waals surface area contributed by atoms with Crippen molar-refractivity contribution in [2.45, 2.75) is 19.4 Å². The first-order valence-electron chi connectivity index (χ1n) is 9.71. The Morgan fingerprint density at radius 3 is 2.47 bits per heavy atom. The van der Waals surface area contributed by atoms with E-state index in [0.717, 1.165) is 5.69 Å². The Bertz CT molecular complexity index is 972. The summed E-state index contributed by atoms with van der Waals surface area (Å²) in [6, 6.07) is 16.6. The quantitative estimate of drug-likeness (QED) is 0.685. The molecular formula is C23H26N2O4S. The van der Waals surface area contributed by atoms with Crippen molar-refractivity contribution < 1.29 is 18.5 Å². The van der Waals surface area contributed by atoms with Gasteiger partial charge in [0.05, 0.1) is 18.4 Å². The van der Waals surface area contributed by atoms with Crippen LogP contribution in [0.5, 0.6) is 0 Å². The monoisotopic (exact) mass is 426 g/mol. The maximum atomic E-state index is 13.3. The molecule has 0 spiro atoms. The zero-order valence-electron chi connectivity index (χ0n) is 17.3. The molecule has 1 aliphatic rings. The Morgan fingerprint density at radius 2 is 1.80 bits per heavy atom. The van der Waals surface area contributed by atoms with E-state index in [1.54, 1.807) is 49.5 Å². The maximum Gasteiger partial charge on any atom is 0.260 e. The lowest BCUT2D eigenvalue weighted by atomic mass is 10.1. The highest BCUT2D eigenvalue weighted by molar-refractivity contribution is 7.90. The fourth-order valence-corrected chi connectivity index (χ4v) is 4.29. The Kier molecular flexibility index (Phi) is 7.43. The summed E-state index contributed by atoms with van der Waals surface area (Å²) >= 11 is 0. The van der Waals surface area contributed by atoms with Crippen LogP contribution in [0.1, 0.15) is 23.7 Å². The molecule has 6 nitrogen and oxygen atoms in total. The second-order valence-corrected chi connectivity index (χ2v) is 7.90. The number of amides is 1. The molecule has 0 saturated carbocycles. The highest BCUT2D eigenvalue weighted by Crippen LogP contribution is 2.27. The summed E-state index contributed by atoms with van der Waals surface area (Å²) < 4.78 is 26.7. The van der Waals surface area contributed by atoms with Crippen molar-refractivity contribution in [3.63, 3.8) is 0 Å². The molecule has 1 amide bonds. The largest absolute Gasteiger partial charge is 0.498 e. The minimum Gasteiger partial charge on any atom is -0.498 e. The van der Waals surface area contributed by atoms with E-state index >= 15 is 0 Å². The van der Waals surface area contributed by atoms with Gasteiger partial charge in [-0.05, 0) is 43.3 Å². The number of nitrogens with zero attached hydrogens (tertiary/aromatic N) is 1. The Hall–Kier alpha value is -2.90. The average Bonchev–Trinajstić information content (AvgIpc) is 2.80. The SMILES string of the molecule is CCN(C(=O)c1ccccc1NS(=O)C1=CC=C(OC)C(OC)C1)c1ccccc1. The zero-order chi connectivity index (χ0) is 21.5. The summed E-state index contributed by atoms with van der Waals surface area (Å²) in [6.45, 7) is 2.45. The van der Waals surface area contributed by atoms with Crippen molar-refractivity contribution in [1.82, 2.24) is 0 Å². The van der Waals surface area contributed by atoms with Gasteiger partial charge >= 0.3 is 0 Å². The highest BCUT2D eigenvalue weighted by Gasteiger charge is 2.24.